The number of ether oxygens (including phenoxy) is 1. The van der Waals surface area contributed by atoms with Crippen molar-refractivity contribution in [2.24, 2.45) is 0 Å². The minimum absolute atomic E-state index is 0.171. The van der Waals surface area contributed by atoms with Gasteiger partial charge in [-0.2, -0.15) is 0 Å². The number of Topliss-reactive ketones (excluding diaryl/α,β-unsaturated/α-hetero) is 2. The number of benzene rings is 1. The van der Waals surface area contributed by atoms with E-state index in [0.717, 1.165) is 0 Å². The van der Waals surface area contributed by atoms with Crippen molar-refractivity contribution < 1.29 is 19.1 Å². The highest BCUT2D eigenvalue weighted by molar-refractivity contribution is 8.03. The largest absolute Gasteiger partial charge is 0.462 e. The average Bonchev–Trinajstić information content (AvgIpc) is 2.67. The van der Waals surface area contributed by atoms with Gasteiger partial charge in [0.2, 0.25) is 11.6 Å². The van der Waals surface area contributed by atoms with E-state index in [1.165, 1.54) is 18.0 Å². The third-order valence-corrected chi connectivity index (χ3v) is 4.60. The quantitative estimate of drug-likeness (QED) is 0.810. The number of nitrogens with one attached hydrogen (secondary N) is 1. The number of fused-ring (bicyclic) bond motifs is 1. The monoisotopic (exact) mass is 368 g/mol. The molecule has 0 bridgehead atoms. The van der Waals surface area contributed by atoms with Crippen LogP contribution in [0.1, 0.15) is 38.1 Å². The van der Waals surface area contributed by atoms with Gasteiger partial charge in [0.1, 0.15) is 11.4 Å². The zero-order valence-corrected chi connectivity index (χ0v) is 15.1. The molecule has 0 aliphatic heterocycles. The summed E-state index contributed by atoms with van der Waals surface area (Å²) in [4.78, 5) is 41.5. The predicted molar refractivity (Wildman–Crippen MR) is 99.5 cm³/mol. The fraction of sp³-hybridized carbons (Fsp3) is 0.158. The molecule has 0 saturated heterocycles. The maximum Gasteiger partial charge on any atom is 0.338 e. The Bertz CT molecular complexity index is 919. The van der Waals surface area contributed by atoms with Crippen LogP contribution in [-0.4, -0.2) is 35.4 Å². The Hall–Kier alpha value is -2.93. The number of pyridine rings is 1. The number of rotatable bonds is 5. The summed E-state index contributed by atoms with van der Waals surface area (Å²) in [7, 11) is 0. The van der Waals surface area contributed by atoms with Crippen LogP contribution in [0.5, 0.6) is 0 Å². The summed E-state index contributed by atoms with van der Waals surface area (Å²) in [6.45, 7) is 2.04. The molecular formula is C19H16N2O4S. The molecule has 6 nitrogen and oxygen atoms in total. The van der Waals surface area contributed by atoms with Crippen LogP contribution in [0, 0.1) is 0 Å². The summed E-state index contributed by atoms with van der Waals surface area (Å²) in [5.41, 5.74) is 1.67. The zero-order chi connectivity index (χ0) is 18.7. The fourth-order valence-electron chi connectivity index (χ4n) is 2.59. The molecule has 1 aromatic carbocycles. The van der Waals surface area contributed by atoms with Crippen molar-refractivity contribution in [3.63, 3.8) is 0 Å². The molecule has 1 N–H and O–H groups in total. The van der Waals surface area contributed by atoms with Crippen LogP contribution in [0.3, 0.4) is 0 Å². The van der Waals surface area contributed by atoms with Gasteiger partial charge in [-0.25, -0.2) is 4.79 Å². The van der Waals surface area contributed by atoms with E-state index in [1.54, 1.807) is 49.6 Å². The molecule has 26 heavy (non-hydrogen) atoms. The summed E-state index contributed by atoms with van der Waals surface area (Å²) < 4.78 is 4.94. The molecule has 0 radical (unpaired) electrons. The third-order valence-electron chi connectivity index (χ3n) is 3.80. The SMILES string of the molecule is CCOC(=O)c1ccc(NC2=C(SC)C(=O)c3ncccc3C2=O)cc1. The molecular weight excluding hydrogens is 352 g/mol. The highest BCUT2D eigenvalue weighted by Crippen LogP contribution is 2.31. The van der Waals surface area contributed by atoms with E-state index in [2.05, 4.69) is 10.3 Å². The van der Waals surface area contributed by atoms with Gasteiger partial charge in [0.15, 0.2) is 0 Å². The Balaban J connectivity index is 1.92. The third kappa shape index (κ3) is 3.25. The zero-order valence-electron chi connectivity index (χ0n) is 14.2. The second kappa shape index (κ2) is 7.53. The van der Waals surface area contributed by atoms with Crippen molar-refractivity contribution >= 4 is 35.0 Å². The normalized spacial score (nSPS) is 13.5. The molecule has 0 saturated carbocycles. The predicted octanol–water partition coefficient (Wildman–Crippen LogP) is 3.32. The number of esters is 1. The second-order valence-corrected chi connectivity index (χ2v) is 6.21. The molecule has 0 fully saturated rings. The summed E-state index contributed by atoms with van der Waals surface area (Å²) in [5, 5.41) is 3.01. The first kappa shape index (κ1) is 17.9. The molecule has 132 valence electrons. The van der Waals surface area contributed by atoms with Gasteiger partial charge < -0.3 is 10.1 Å². The number of hydrogen-bond acceptors (Lipinski definition) is 7. The van der Waals surface area contributed by atoms with Gasteiger partial charge in [0, 0.05) is 11.9 Å². The van der Waals surface area contributed by atoms with Gasteiger partial charge >= 0.3 is 5.97 Å². The summed E-state index contributed by atoms with van der Waals surface area (Å²) in [6, 6.07) is 9.74. The maximum absolute atomic E-state index is 12.8. The van der Waals surface area contributed by atoms with Crippen LogP contribution < -0.4 is 5.32 Å². The number of aromatic nitrogens is 1. The number of nitrogens with zero attached hydrogens (tertiary/aromatic N) is 1. The van der Waals surface area contributed by atoms with E-state index in [9.17, 15) is 14.4 Å². The molecule has 1 heterocycles. The number of carbonyl (C=O) groups is 3. The van der Waals surface area contributed by atoms with Crippen LogP contribution in [0.15, 0.2) is 53.2 Å². The average molecular weight is 368 g/mol. The molecule has 2 aromatic rings. The second-order valence-electron chi connectivity index (χ2n) is 5.39. The molecule has 7 heteroatoms. The molecule has 1 aliphatic rings. The van der Waals surface area contributed by atoms with Crippen LogP contribution in [0.25, 0.3) is 0 Å². The lowest BCUT2D eigenvalue weighted by Crippen LogP contribution is -2.26. The smallest absolute Gasteiger partial charge is 0.338 e. The minimum atomic E-state index is -0.410. The van der Waals surface area contributed by atoms with E-state index in [0.29, 0.717) is 22.8 Å². The Kier molecular flexibility index (Phi) is 5.18. The first-order valence-corrected chi connectivity index (χ1v) is 9.16. The number of hydrogen-bond donors (Lipinski definition) is 1. The summed E-state index contributed by atoms with van der Waals surface area (Å²) in [6.07, 6.45) is 3.23. The van der Waals surface area contributed by atoms with Crippen molar-refractivity contribution in [3.05, 3.63) is 70.0 Å². The van der Waals surface area contributed by atoms with Gasteiger partial charge in [-0.15, -0.1) is 11.8 Å². The maximum atomic E-state index is 12.8. The number of anilines is 1. The van der Waals surface area contributed by atoms with E-state index in [4.69, 9.17) is 4.74 Å². The highest BCUT2D eigenvalue weighted by Gasteiger charge is 2.33. The first-order chi connectivity index (χ1) is 12.6. The minimum Gasteiger partial charge on any atom is -0.462 e. The molecule has 1 aliphatic carbocycles. The molecule has 3 rings (SSSR count). The topological polar surface area (TPSA) is 85.4 Å². The lowest BCUT2D eigenvalue weighted by Gasteiger charge is -2.20. The first-order valence-electron chi connectivity index (χ1n) is 7.93. The van der Waals surface area contributed by atoms with E-state index in [1.807, 2.05) is 0 Å². The summed E-state index contributed by atoms with van der Waals surface area (Å²) >= 11 is 1.20. The van der Waals surface area contributed by atoms with Gasteiger partial charge in [0.05, 0.1) is 22.6 Å². The number of allylic oxidation sites excluding steroid dienone is 2. The molecule has 0 unspecified atom stereocenters. The van der Waals surface area contributed by atoms with E-state index >= 15 is 0 Å². The van der Waals surface area contributed by atoms with Crippen molar-refractivity contribution in [1.82, 2.24) is 4.98 Å². The lowest BCUT2D eigenvalue weighted by molar-refractivity contribution is 0.0526. The van der Waals surface area contributed by atoms with Crippen LogP contribution >= 0.6 is 11.8 Å². The van der Waals surface area contributed by atoms with E-state index < -0.39 is 5.97 Å². The van der Waals surface area contributed by atoms with E-state index in [-0.39, 0.29) is 28.5 Å². The molecule has 0 amide bonds. The van der Waals surface area contributed by atoms with Crippen molar-refractivity contribution in [1.29, 1.82) is 0 Å². The standard InChI is InChI=1S/C19H16N2O4S/c1-3-25-19(24)11-6-8-12(9-7-11)21-15-16(22)13-5-4-10-20-14(13)17(23)18(15)26-2/h4-10,21H,3H2,1-2H3. The van der Waals surface area contributed by atoms with Gasteiger partial charge in [-0.05, 0) is 49.6 Å². The van der Waals surface area contributed by atoms with Crippen molar-refractivity contribution in [2.45, 2.75) is 6.92 Å². The van der Waals surface area contributed by atoms with Crippen LogP contribution in [-0.2, 0) is 4.74 Å². The Labute approximate surface area is 154 Å². The number of ketones is 2. The number of carbonyl (C=O) groups excluding carboxylic acids is 3. The van der Waals surface area contributed by atoms with Crippen LogP contribution in [0.4, 0.5) is 5.69 Å². The highest BCUT2D eigenvalue weighted by atomic mass is 32.2. The Morgan fingerprint density at radius 3 is 2.54 bits per heavy atom. The molecule has 1 aromatic heterocycles. The fourth-order valence-corrected chi connectivity index (χ4v) is 3.21. The van der Waals surface area contributed by atoms with Gasteiger partial charge in [0.25, 0.3) is 0 Å². The van der Waals surface area contributed by atoms with Crippen LogP contribution in [0.2, 0.25) is 0 Å². The van der Waals surface area contributed by atoms with Gasteiger partial charge in [-0.3, -0.25) is 14.6 Å². The van der Waals surface area contributed by atoms with Crippen molar-refractivity contribution in [2.75, 3.05) is 18.2 Å². The molecule has 0 atom stereocenters. The summed E-state index contributed by atoms with van der Waals surface area (Å²) in [5.74, 6) is -0.975. The van der Waals surface area contributed by atoms with Crippen molar-refractivity contribution in [3.8, 4) is 0 Å². The molecule has 0 spiro atoms. The Morgan fingerprint density at radius 1 is 1.15 bits per heavy atom. The lowest BCUT2D eigenvalue weighted by atomic mass is 9.96. The Morgan fingerprint density at radius 2 is 1.88 bits per heavy atom. The van der Waals surface area contributed by atoms with Gasteiger partial charge in [-0.1, -0.05) is 0 Å². The number of thioether (sulfide) groups is 1.